The molecule has 1 heterocycles. The first-order chi connectivity index (χ1) is 7.11. The summed E-state index contributed by atoms with van der Waals surface area (Å²) in [4.78, 5) is 4.34. The van der Waals surface area contributed by atoms with Crippen LogP contribution in [-0.2, 0) is 6.42 Å². The van der Waals surface area contributed by atoms with Crippen molar-refractivity contribution in [2.24, 2.45) is 11.7 Å². The molecule has 1 unspecified atom stereocenters. The highest BCUT2D eigenvalue weighted by Crippen LogP contribution is 2.11. The fraction of sp³-hybridized carbons (Fsp3) is 0.583. The number of hydrogen-bond donors (Lipinski definition) is 1. The van der Waals surface area contributed by atoms with Crippen LogP contribution in [0.5, 0.6) is 5.88 Å². The monoisotopic (exact) mass is 208 g/mol. The van der Waals surface area contributed by atoms with Gasteiger partial charge in [-0.3, -0.25) is 0 Å². The van der Waals surface area contributed by atoms with Crippen molar-refractivity contribution in [3.8, 4) is 5.88 Å². The Morgan fingerprint density at radius 3 is 2.73 bits per heavy atom. The van der Waals surface area contributed by atoms with Crippen molar-refractivity contribution in [1.29, 1.82) is 0 Å². The molecule has 0 aliphatic rings. The summed E-state index contributed by atoms with van der Waals surface area (Å²) in [5, 5.41) is 0. The summed E-state index contributed by atoms with van der Waals surface area (Å²) in [6.45, 7) is 4.36. The van der Waals surface area contributed by atoms with Crippen molar-refractivity contribution < 1.29 is 4.74 Å². The van der Waals surface area contributed by atoms with Gasteiger partial charge in [0.05, 0.1) is 7.11 Å². The standard InChI is InChI=1S/C12H20N2O/c1-9(2)7-10(13)8-11-5-4-6-12(14-11)15-3/h4-6,9-10H,7-8,13H2,1-3H3. The van der Waals surface area contributed by atoms with Gasteiger partial charge in [0.1, 0.15) is 0 Å². The van der Waals surface area contributed by atoms with Crippen molar-refractivity contribution in [1.82, 2.24) is 4.98 Å². The van der Waals surface area contributed by atoms with Crippen LogP contribution >= 0.6 is 0 Å². The van der Waals surface area contributed by atoms with E-state index in [1.165, 1.54) is 0 Å². The molecule has 0 aliphatic carbocycles. The third kappa shape index (κ3) is 4.30. The zero-order valence-corrected chi connectivity index (χ0v) is 9.73. The molecule has 0 saturated carbocycles. The van der Waals surface area contributed by atoms with Crippen LogP contribution in [0.2, 0.25) is 0 Å². The van der Waals surface area contributed by atoms with Crippen LogP contribution in [0.15, 0.2) is 18.2 Å². The van der Waals surface area contributed by atoms with E-state index >= 15 is 0 Å². The molecule has 1 rings (SSSR count). The first kappa shape index (κ1) is 12.0. The number of aromatic nitrogens is 1. The molecule has 0 aliphatic heterocycles. The molecule has 0 bridgehead atoms. The van der Waals surface area contributed by atoms with Crippen LogP contribution < -0.4 is 10.5 Å². The molecule has 0 amide bonds. The predicted molar refractivity (Wildman–Crippen MR) is 61.9 cm³/mol. The average Bonchev–Trinajstić information content (AvgIpc) is 2.16. The van der Waals surface area contributed by atoms with Crippen LogP contribution in [0, 0.1) is 5.92 Å². The molecule has 0 radical (unpaired) electrons. The average molecular weight is 208 g/mol. The molecule has 1 aromatic heterocycles. The zero-order valence-electron chi connectivity index (χ0n) is 9.73. The second-order valence-corrected chi connectivity index (χ2v) is 4.27. The maximum absolute atomic E-state index is 6.02. The third-order valence-electron chi connectivity index (χ3n) is 2.24. The van der Waals surface area contributed by atoms with Crippen LogP contribution in [0.3, 0.4) is 0 Å². The summed E-state index contributed by atoms with van der Waals surface area (Å²) in [6.07, 6.45) is 1.84. The zero-order chi connectivity index (χ0) is 11.3. The number of nitrogens with two attached hydrogens (primary N) is 1. The van der Waals surface area contributed by atoms with Gasteiger partial charge in [0.2, 0.25) is 5.88 Å². The molecule has 1 aromatic rings. The van der Waals surface area contributed by atoms with Gasteiger partial charge in [-0.2, -0.15) is 0 Å². The summed E-state index contributed by atoms with van der Waals surface area (Å²) in [5.74, 6) is 1.29. The lowest BCUT2D eigenvalue weighted by atomic mass is 10.0. The Balaban J connectivity index is 2.55. The highest BCUT2D eigenvalue weighted by atomic mass is 16.5. The number of pyridine rings is 1. The lowest BCUT2D eigenvalue weighted by Crippen LogP contribution is -2.25. The van der Waals surface area contributed by atoms with E-state index in [4.69, 9.17) is 10.5 Å². The summed E-state index contributed by atoms with van der Waals surface area (Å²) in [7, 11) is 1.63. The molecule has 0 saturated heterocycles. The minimum Gasteiger partial charge on any atom is -0.481 e. The van der Waals surface area contributed by atoms with E-state index in [1.54, 1.807) is 7.11 Å². The SMILES string of the molecule is COc1cccc(CC(N)CC(C)C)n1. The fourth-order valence-corrected chi connectivity index (χ4v) is 1.64. The van der Waals surface area contributed by atoms with E-state index in [9.17, 15) is 0 Å². The maximum atomic E-state index is 6.02. The molecule has 0 fully saturated rings. The summed E-state index contributed by atoms with van der Waals surface area (Å²) < 4.78 is 5.07. The first-order valence-corrected chi connectivity index (χ1v) is 5.37. The van der Waals surface area contributed by atoms with E-state index in [0.29, 0.717) is 11.8 Å². The Morgan fingerprint density at radius 2 is 2.13 bits per heavy atom. The predicted octanol–water partition coefficient (Wildman–Crippen LogP) is 2.01. The highest BCUT2D eigenvalue weighted by molar-refractivity contribution is 5.16. The van der Waals surface area contributed by atoms with Gasteiger partial charge in [-0.15, -0.1) is 0 Å². The quantitative estimate of drug-likeness (QED) is 0.805. The lowest BCUT2D eigenvalue weighted by Gasteiger charge is -2.13. The fourth-order valence-electron chi connectivity index (χ4n) is 1.64. The number of hydrogen-bond acceptors (Lipinski definition) is 3. The second kappa shape index (κ2) is 5.71. The van der Waals surface area contributed by atoms with Gasteiger partial charge in [-0.1, -0.05) is 19.9 Å². The summed E-state index contributed by atoms with van der Waals surface area (Å²) in [5.41, 5.74) is 7.02. The third-order valence-corrected chi connectivity index (χ3v) is 2.24. The minimum atomic E-state index is 0.185. The molecule has 84 valence electrons. The van der Waals surface area contributed by atoms with Crippen molar-refractivity contribution in [3.63, 3.8) is 0 Å². The van der Waals surface area contributed by atoms with Crippen molar-refractivity contribution in [3.05, 3.63) is 23.9 Å². The molecule has 1 atom stereocenters. The van der Waals surface area contributed by atoms with Crippen LogP contribution in [0.1, 0.15) is 26.0 Å². The highest BCUT2D eigenvalue weighted by Gasteiger charge is 2.07. The van der Waals surface area contributed by atoms with Crippen LogP contribution in [-0.4, -0.2) is 18.1 Å². The van der Waals surface area contributed by atoms with E-state index < -0.39 is 0 Å². The number of methoxy groups -OCH3 is 1. The van der Waals surface area contributed by atoms with E-state index in [2.05, 4.69) is 18.8 Å². The Labute approximate surface area is 91.7 Å². The number of rotatable bonds is 5. The largest absolute Gasteiger partial charge is 0.481 e. The number of ether oxygens (including phenoxy) is 1. The topological polar surface area (TPSA) is 48.1 Å². The van der Waals surface area contributed by atoms with Crippen LogP contribution in [0.25, 0.3) is 0 Å². The van der Waals surface area contributed by atoms with E-state index in [1.807, 2.05) is 18.2 Å². The van der Waals surface area contributed by atoms with Gasteiger partial charge in [0, 0.05) is 24.2 Å². The lowest BCUT2D eigenvalue weighted by molar-refractivity contribution is 0.395. The van der Waals surface area contributed by atoms with Gasteiger partial charge in [0.15, 0.2) is 0 Å². The smallest absolute Gasteiger partial charge is 0.213 e. The van der Waals surface area contributed by atoms with Gasteiger partial charge in [0.25, 0.3) is 0 Å². The van der Waals surface area contributed by atoms with Crippen molar-refractivity contribution in [2.75, 3.05) is 7.11 Å². The molecule has 3 heteroatoms. The van der Waals surface area contributed by atoms with Gasteiger partial charge < -0.3 is 10.5 Å². The minimum absolute atomic E-state index is 0.185. The van der Waals surface area contributed by atoms with Crippen LogP contribution in [0.4, 0.5) is 0 Å². The molecular formula is C12H20N2O. The summed E-state index contributed by atoms with van der Waals surface area (Å²) in [6, 6.07) is 5.97. The van der Waals surface area contributed by atoms with E-state index in [0.717, 1.165) is 18.5 Å². The molecule has 3 nitrogen and oxygen atoms in total. The van der Waals surface area contributed by atoms with Crippen molar-refractivity contribution >= 4 is 0 Å². The van der Waals surface area contributed by atoms with Crippen molar-refractivity contribution in [2.45, 2.75) is 32.7 Å². The maximum Gasteiger partial charge on any atom is 0.213 e. The molecule has 2 N–H and O–H groups in total. The first-order valence-electron chi connectivity index (χ1n) is 5.37. The van der Waals surface area contributed by atoms with Gasteiger partial charge in [-0.25, -0.2) is 4.98 Å². The Bertz CT molecular complexity index is 299. The summed E-state index contributed by atoms with van der Waals surface area (Å²) >= 11 is 0. The normalized spacial score (nSPS) is 12.9. The molecular weight excluding hydrogens is 188 g/mol. The number of nitrogens with zero attached hydrogens (tertiary/aromatic N) is 1. The molecule has 0 spiro atoms. The molecule has 15 heavy (non-hydrogen) atoms. The Morgan fingerprint density at radius 1 is 1.40 bits per heavy atom. The Kier molecular flexibility index (Phi) is 4.56. The molecule has 0 aromatic carbocycles. The second-order valence-electron chi connectivity index (χ2n) is 4.27. The van der Waals surface area contributed by atoms with E-state index in [-0.39, 0.29) is 6.04 Å². The van der Waals surface area contributed by atoms with Gasteiger partial charge in [-0.05, 0) is 18.4 Å². The Hall–Kier alpha value is -1.09. The van der Waals surface area contributed by atoms with Gasteiger partial charge >= 0.3 is 0 Å².